The van der Waals surface area contributed by atoms with Crippen LogP contribution in [0.3, 0.4) is 0 Å². The van der Waals surface area contributed by atoms with Gasteiger partial charge in [0, 0.05) is 5.54 Å². The summed E-state index contributed by atoms with van der Waals surface area (Å²) in [5.41, 5.74) is 4.58. The van der Waals surface area contributed by atoms with E-state index in [4.69, 9.17) is 5.73 Å². The van der Waals surface area contributed by atoms with Gasteiger partial charge in [0.25, 0.3) is 0 Å². The number of carbonyl (C=O) groups excluding carboxylic acids is 1. The third kappa shape index (κ3) is 1.50. The van der Waals surface area contributed by atoms with Gasteiger partial charge in [-0.25, -0.2) is 4.79 Å². The van der Waals surface area contributed by atoms with E-state index in [1.165, 1.54) is 0 Å². The normalized spacial score (nSPS) is 43.2. The molecule has 0 aromatic heterocycles. The molecule has 3 fully saturated rings. The summed E-state index contributed by atoms with van der Waals surface area (Å²) >= 11 is 0. The molecule has 0 heterocycles. The van der Waals surface area contributed by atoms with Crippen molar-refractivity contribution in [2.75, 3.05) is 0 Å². The molecule has 2 bridgehead atoms. The van der Waals surface area contributed by atoms with Crippen LogP contribution in [0.25, 0.3) is 0 Å². The number of amides is 2. The van der Waals surface area contributed by atoms with Gasteiger partial charge in [0.05, 0.1) is 5.60 Å². The SMILES string of the molecule is NC(=O)NC12CCC(O)(CC1)CC2. The topological polar surface area (TPSA) is 75.4 Å². The van der Waals surface area contributed by atoms with E-state index in [9.17, 15) is 9.90 Å². The zero-order chi connectivity index (χ0) is 9.53. The third-order valence-electron chi connectivity index (χ3n) is 3.60. The molecule has 3 rings (SSSR count). The summed E-state index contributed by atoms with van der Waals surface area (Å²) in [6.07, 6.45) is 5.00. The summed E-state index contributed by atoms with van der Waals surface area (Å²) in [5.74, 6) is 0. The number of nitrogens with one attached hydrogen (secondary N) is 1. The minimum Gasteiger partial charge on any atom is -0.390 e. The third-order valence-corrected chi connectivity index (χ3v) is 3.60. The zero-order valence-electron chi connectivity index (χ0n) is 7.68. The van der Waals surface area contributed by atoms with Crippen molar-refractivity contribution >= 4 is 6.03 Å². The molecule has 0 aromatic carbocycles. The van der Waals surface area contributed by atoms with Gasteiger partial charge in [-0.05, 0) is 38.5 Å². The average molecular weight is 184 g/mol. The van der Waals surface area contributed by atoms with Gasteiger partial charge in [0.1, 0.15) is 0 Å². The van der Waals surface area contributed by atoms with E-state index in [1.807, 2.05) is 0 Å². The highest BCUT2D eigenvalue weighted by molar-refractivity contribution is 5.72. The van der Waals surface area contributed by atoms with Gasteiger partial charge >= 0.3 is 6.03 Å². The molecule has 74 valence electrons. The largest absolute Gasteiger partial charge is 0.390 e. The molecule has 4 heteroatoms. The quantitative estimate of drug-likeness (QED) is 0.555. The summed E-state index contributed by atoms with van der Waals surface area (Å²) < 4.78 is 0. The van der Waals surface area contributed by atoms with Crippen molar-refractivity contribution in [1.29, 1.82) is 0 Å². The average Bonchev–Trinajstić information content (AvgIpc) is 2.07. The Morgan fingerprint density at radius 2 is 1.62 bits per heavy atom. The van der Waals surface area contributed by atoms with Crippen molar-refractivity contribution in [2.45, 2.75) is 49.7 Å². The van der Waals surface area contributed by atoms with Crippen molar-refractivity contribution in [3.63, 3.8) is 0 Å². The molecule has 0 aliphatic heterocycles. The maximum atomic E-state index is 10.8. The molecule has 4 N–H and O–H groups in total. The highest BCUT2D eigenvalue weighted by Gasteiger charge is 2.48. The van der Waals surface area contributed by atoms with Gasteiger partial charge in [0.15, 0.2) is 0 Å². The van der Waals surface area contributed by atoms with Crippen LogP contribution in [0.2, 0.25) is 0 Å². The smallest absolute Gasteiger partial charge is 0.312 e. The number of hydrogen-bond acceptors (Lipinski definition) is 2. The number of fused-ring (bicyclic) bond motifs is 3. The Morgan fingerprint density at radius 3 is 2.00 bits per heavy atom. The molecule has 3 saturated carbocycles. The molecule has 3 aliphatic carbocycles. The molecule has 0 radical (unpaired) electrons. The fourth-order valence-electron chi connectivity index (χ4n) is 2.61. The number of carbonyl (C=O) groups is 1. The van der Waals surface area contributed by atoms with Crippen LogP contribution in [0.4, 0.5) is 4.79 Å². The van der Waals surface area contributed by atoms with Crippen LogP contribution in [0, 0.1) is 0 Å². The number of aliphatic hydroxyl groups is 1. The number of urea groups is 1. The predicted molar refractivity (Wildman–Crippen MR) is 48.1 cm³/mol. The number of nitrogens with two attached hydrogens (primary N) is 1. The van der Waals surface area contributed by atoms with Crippen molar-refractivity contribution < 1.29 is 9.90 Å². The highest BCUT2D eigenvalue weighted by atomic mass is 16.3. The Bertz CT molecular complexity index is 215. The maximum absolute atomic E-state index is 10.8. The first kappa shape index (κ1) is 8.81. The van der Waals surface area contributed by atoms with Crippen molar-refractivity contribution in [1.82, 2.24) is 5.32 Å². The lowest BCUT2D eigenvalue weighted by Gasteiger charge is -2.50. The summed E-state index contributed by atoms with van der Waals surface area (Å²) in [6, 6.07) is -0.438. The van der Waals surface area contributed by atoms with Crippen LogP contribution in [0.15, 0.2) is 0 Å². The van der Waals surface area contributed by atoms with Gasteiger partial charge in [-0.3, -0.25) is 0 Å². The van der Waals surface area contributed by atoms with Crippen molar-refractivity contribution in [3.8, 4) is 0 Å². The molecule has 0 spiro atoms. The van der Waals surface area contributed by atoms with Gasteiger partial charge < -0.3 is 16.2 Å². The maximum Gasteiger partial charge on any atom is 0.312 e. The van der Waals surface area contributed by atoms with E-state index in [1.54, 1.807) is 0 Å². The molecule has 0 atom stereocenters. The second-order valence-electron chi connectivity index (χ2n) is 4.49. The molecule has 2 amide bonds. The summed E-state index contributed by atoms with van der Waals surface area (Å²) in [4.78, 5) is 10.8. The van der Waals surface area contributed by atoms with E-state index in [0.29, 0.717) is 0 Å². The first-order chi connectivity index (χ1) is 6.04. The van der Waals surface area contributed by atoms with Crippen molar-refractivity contribution in [2.24, 2.45) is 5.73 Å². The minimum absolute atomic E-state index is 0.101. The van der Waals surface area contributed by atoms with Crippen LogP contribution < -0.4 is 11.1 Å². The fourth-order valence-corrected chi connectivity index (χ4v) is 2.61. The second-order valence-corrected chi connectivity index (χ2v) is 4.49. The van der Waals surface area contributed by atoms with E-state index in [2.05, 4.69) is 5.32 Å². The van der Waals surface area contributed by atoms with Crippen LogP contribution in [-0.2, 0) is 0 Å². The second kappa shape index (κ2) is 2.61. The minimum atomic E-state index is -0.443. The zero-order valence-corrected chi connectivity index (χ0v) is 7.68. The number of primary amides is 1. The van der Waals surface area contributed by atoms with E-state index < -0.39 is 11.6 Å². The number of rotatable bonds is 1. The summed E-state index contributed by atoms with van der Waals surface area (Å²) in [6.45, 7) is 0. The molecule has 3 aliphatic rings. The molecule has 13 heavy (non-hydrogen) atoms. The van der Waals surface area contributed by atoms with Crippen LogP contribution in [-0.4, -0.2) is 22.3 Å². The van der Waals surface area contributed by atoms with Gasteiger partial charge in [-0.2, -0.15) is 0 Å². The Hall–Kier alpha value is -0.770. The Morgan fingerprint density at radius 1 is 1.15 bits per heavy atom. The lowest BCUT2D eigenvalue weighted by atomic mass is 9.63. The molecule has 4 nitrogen and oxygen atoms in total. The van der Waals surface area contributed by atoms with E-state index >= 15 is 0 Å². The fraction of sp³-hybridized carbons (Fsp3) is 0.889. The van der Waals surface area contributed by atoms with E-state index in [0.717, 1.165) is 38.5 Å². The standard InChI is InChI=1S/C9H16N2O2/c10-7(12)11-8-1-4-9(13,5-2-8)6-3-8/h13H,1-6H2,(H3,10,11,12). The lowest BCUT2D eigenvalue weighted by Crippen LogP contribution is -2.59. The molecule has 0 aromatic rings. The lowest BCUT2D eigenvalue weighted by molar-refractivity contribution is -0.0691. The first-order valence-electron chi connectivity index (χ1n) is 4.84. The number of hydrogen-bond donors (Lipinski definition) is 3. The Balaban J connectivity index is 2.07. The Labute approximate surface area is 77.5 Å². The summed E-state index contributed by atoms with van der Waals surface area (Å²) in [5, 5.41) is 12.8. The molecule has 0 saturated heterocycles. The van der Waals surface area contributed by atoms with Crippen LogP contribution >= 0.6 is 0 Å². The first-order valence-corrected chi connectivity index (χ1v) is 4.84. The predicted octanol–water partition coefficient (Wildman–Crippen LogP) is 0.492. The van der Waals surface area contributed by atoms with Gasteiger partial charge in [-0.15, -0.1) is 0 Å². The van der Waals surface area contributed by atoms with Gasteiger partial charge in [0.2, 0.25) is 0 Å². The molecule has 0 unspecified atom stereocenters. The van der Waals surface area contributed by atoms with Gasteiger partial charge in [-0.1, -0.05) is 0 Å². The summed E-state index contributed by atoms with van der Waals surface area (Å²) in [7, 11) is 0. The van der Waals surface area contributed by atoms with E-state index in [-0.39, 0.29) is 5.54 Å². The van der Waals surface area contributed by atoms with Crippen LogP contribution in [0.5, 0.6) is 0 Å². The van der Waals surface area contributed by atoms with Crippen LogP contribution in [0.1, 0.15) is 38.5 Å². The Kier molecular flexibility index (Phi) is 1.77. The molecular formula is C9H16N2O2. The highest BCUT2D eigenvalue weighted by Crippen LogP contribution is 2.46. The molecular weight excluding hydrogens is 168 g/mol. The van der Waals surface area contributed by atoms with Crippen molar-refractivity contribution in [3.05, 3.63) is 0 Å². The monoisotopic (exact) mass is 184 g/mol.